The lowest BCUT2D eigenvalue weighted by molar-refractivity contribution is -0.137. The standard InChI is InChI=1S/C22H24FN3O3/c1-15(16-6-4-3-5-7-16)26-13-17(12-21(26)28)22(29)25(2)14-20(27)24-19-10-8-18(23)9-11-19/h3-11,15,17H,12-14H2,1-2H3,(H,24,27)/t15-,17+/m0/s1. The van der Waals surface area contributed by atoms with Gasteiger partial charge in [0.15, 0.2) is 0 Å². The van der Waals surface area contributed by atoms with Gasteiger partial charge in [-0.25, -0.2) is 4.39 Å². The lowest BCUT2D eigenvalue weighted by atomic mass is 10.1. The van der Waals surface area contributed by atoms with E-state index in [-0.39, 0.29) is 36.7 Å². The normalized spacial score (nSPS) is 17.1. The molecule has 2 aromatic carbocycles. The summed E-state index contributed by atoms with van der Waals surface area (Å²) < 4.78 is 12.9. The maximum Gasteiger partial charge on any atom is 0.243 e. The maximum absolute atomic E-state index is 12.9. The van der Waals surface area contributed by atoms with E-state index >= 15 is 0 Å². The van der Waals surface area contributed by atoms with E-state index in [1.54, 1.807) is 11.9 Å². The fourth-order valence-corrected chi connectivity index (χ4v) is 3.52. The van der Waals surface area contributed by atoms with Crippen LogP contribution in [-0.4, -0.2) is 47.7 Å². The van der Waals surface area contributed by atoms with Crippen LogP contribution < -0.4 is 5.32 Å². The van der Waals surface area contributed by atoms with Crippen LogP contribution in [0.15, 0.2) is 54.6 Å². The number of likely N-dealkylation sites (tertiary alicyclic amines) is 1. The van der Waals surface area contributed by atoms with Crippen molar-refractivity contribution in [1.29, 1.82) is 0 Å². The Morgan fingerprint density at radius 1 is 1.17 bits per heavy atom. The van der Waals surface area contributed by atoms with Gasteiger partial charge in [-0.3, -0.25) is 14.4 Å². The Morgan fingerprint density at radius 2 is 1.83 bits per heavy atom. The largest absolute Gasteiger partial charge is 0.336 e. The minimum atomic E-state index is -0.475. The molecule has 1 aliphatic heterocycles. The number of halogens is 1. The summed E-state index contributed by atoms with van der Waals surface area (Å²) in [7, 11) is 1.54. The predicted molar refractivity (Wildman–Crippen MR) is 107 cm³/mol. The van der Waals surface area contributed by atoms with Gasteiger partial charge in [-0.1, -0.05) is 30.3 Å². The Bertz CT molecular complexity index is 886. The first-order chi connectivity index (χ1) is 13.8. The molecule has 0 saturated carbocycles. The number of hydrogen-bond donors (Lipinski definition) is 1. The van der Waals surface area contributed by atoms with E-state index in [0.717, 1.165) is 5.56 Å². The molecule has 1 N–H and O–H groups in total. The smallest absolute Gasteiger partial charge is 0.243 e. The Balaban J connectivity index is 1.56. The summed E-state index contributed by atoms with van der Waals surface area (Å²) in [6.07, 6.45) is 0.139. The van der Waals surface area contributed by atoms with E-state index in [1.807, 2.05) is 37.3 Å². The lowest BCUT2D eigenvalue weighted by Gasteiger charge is -2.26. The average molecular weight is 397 g/mol. The van der Waals surface area contributed by atoms with Crippen molar-refractivity contribution in [3.8, 4) is 0 Å². The Labute approximate surface area is 169 Å². The molecule has 3 amide bonds. The van der Waals surface area contributed by atoms with E-state index in [9.17, 15) is 18.8 Å². The van der Waals surface area contributed by atoms with Crippen molar-refractivity contribution in [1.82, 2.24) is 9.80 Å². The zero-order valence-electron chi connectivity index (χ0n) is 16.5. The summed E-state index contributed by atoms with van der Waals surface area (Å²) in [4.78, 5) is 40.4. The number of likely N-dealkylation sites (N-methyl/N-ethyl adjacent to an activating group) is 1. The van der Waals surface area contributed by atoms with E-state index in [0.29, 0.717) is 12.2 Å². The quantitative estimate of drug-likeness (QED) is 0.815. The van der Waals surface area contributed by atoms with Crippen molar-refractivity contribution in [3.63, 3.8) is 0 Å². The number of amides is 3. The first kappa shape index (κ1) is 20.5. The Morgan fingerprint density at radius 3 is 2.48 bits per heavy atom. The number of carbonyl (C=O) groups is 3. The topological polar surface area (TPSA) is 69.7 Å². The zero-order valence-corrected chi connectivity index (χ0v) is 16.5. The van der Waals surface area contributed by atoms with Crippen LogP contribution in [0, 0.1) is 11.7 Å². The molecule has 3 rings (SSSR count). The number of benzene rings is 2. The van der Waals surface area contributed by atoms with Gasteiger partial charge in [-0.2, -0.15) is 0 Å². The molecule has 6 nitrogen and oxygen atoms in total. The molecule has 0 bridgehead atoms. The van der Waals surface area contributed by atoms with Crippen LogP contribution in [0.4, 0.5) is 10.1 Å². The number of nitrogens with one attached hydrogen (secondary N) is 1. The molecule has 1 saturated heterocycles. The van der Waals surface area contributed by atoms with Crippen molar-refractivity contribution in [3.05, 3.63) is 66.0 Å². The summed E-state index contributed by atoms with van der Waals surface area (Å²) in [5, 5.41) is 2.63. The molecule has 1 aliphatic rings. The van der Waals surface area contributed by atoms with E-state index < -0.39 is 11.7 Å². The van der Waals surface area contributed by atoms with Crippen LogP contribution in [0.3, 0.4) is 0 Å². The van der Waals surface area contributed by atoms with Gasteiger partial charge in [-0.05, 0) is 36.8 Å². The lowest BCUT2D eigenvalue weighted by Crippen LogP contribution is -2.39. The van der Waals surface area contributed by atoms with Crippen molar-refractivity contribution < 1.29 is 18.8 Å². The highest BCUT2D eigenvalue weighted by Gasteiger charge is 2.38. The minimum absolute atomic E-state index is 0.0659. The van der Waals surface area contributed by atoms with Gasteiger partial charge < -0.3 is 15.1 Å². The molecule has 2 atom stereocenters. The second-order valence-electron chi connectivity index (χ2n) is 7.28. The van der Waals surface area contributed by atoms with Gasteiger partial charge >= 0.3 is 0 Å². The van der Waals surface area contributed by atoms with Gasteiger partial charge in [-0.15, -0.1) is 0 Å². The second kappa shape index (κ2) is 8.86. The fraction of sp³-hybridized carbons (Fsp3) is 0.318. The monoisotopic (exact) mass is 397 g/mol. The summed E-state index contributed by atoms with van der Waals surface area (Å²) >= 11 is 0. The minimum Gasteiger partial charge on any atom is -0.336 e. The first-order valence-electron chi connectivity index (χ1n) is 9.50. The van der Waals surface area contributed by atoms with Gasteiger partial charge in [0.2, 0.25) is 17.7 Å². The molecular weight excluding hydrogens is 373 g/mol. The summed E-state index contributed by atoms with van der Waals surface area (Å²) in [5.41, 5.74) is 1.47. The summed E-state index contributed by atoms with van der Waals surface area (Å²) in [6, 6.07) is 15.0. The maximum atomic E-state index is 12.9. The van der Waals surface area contributed by atoms with Crippen LogP contribution in [0.2, 0.25) is 0 Å². The van der Waals surface area contributed by atoms with Crippen LogP contribution in [-0.2, 0) is 14.4 Å². The third-order valence-electron chi connectivity index (χ3n) is 5.14. The molecule has 0 aromatic heterocycles. The fourth-order valence-electron chi connectivity index (χ4n) is 3.52. The van der Waals surface area contributed by atoms with Crippen LogP contribution in [0.25, 0.3) is 0 Å². The number of nitrogens with zero attached hydrogens (tertiary/aromatic N) is 2. The molecule has 0 aliphatic carbocycles. The first-order valence-corrected chi connectivity index (χ1v) is 9.50. The highest BCUT2D eigenvalue weighted by molar-refractivity contribution is 5.96. The molecule has 1 fully saturated rings. The summed E-state index contributed by atoms with van der Waals surface area (Å²) in [5.74, 6) is -1.56. The Kier molecular flexibility index (Phi) is 6.26. The molecule has 152 valence electrons. The van der Waals surface area contributed by atoms with Gasteiger partial charge in [0.1, 0.15) is 5.82 Å². The number of rotatable bonds is 6. The Hall–Kier alpha value is -3.22. The van der Waals surface area contributed by atoms with Crippen LogP contribution in [0.5, 0.6) is 0 Å². The summed E-state index contributed by atoms with van der Waals surface area (Å²) in [6.45, 7) is 2.13. The zero-order chi connectivity index (χ0) is 21.0. The van der Waals surface area contributed by atoms with Crippen molar-refractivity contribution in [2.75, 3.05) is 25.5 Å². The van der Waals surface area contributed by atoms with E-state index in [1.165, 1.54) is 29.2 Å². The number of carbonyl (C=O) groups excluding carboxylic acids is 3. The molecule has 29 heavy (non-hydrogen) atoms. The molecule has 0 spiro atoms. The SMILES string of the molecule is C[C@@H](c1ccccc1)N1C[C@H](C(=O)N(C)CC(=O)Nc2ccc(F)cc2)CC1=O. The van der Waals surface area contributed by atoms with Crippen molar-refractivity contribution in [2.24, 2.45) is 5.92 Å². The predicted octanol–water partition coefficient (Wildman–Crippen LogP) is 2.83. The average Bonchev–Trinajstić information content (AvgIpc) is 3.10. The third-order valence-corrected chi connectivity index (χ3v) is 5.14. The molecule has 2 aromatic rings. The van der Waals surface area contributed by atoms with Gasteiger partial charge in [0.25, 0.3) is 0 Å². The second-order valence-corrected chi connectivity index (χ2v) is 7.28. The molecule has 7 heteroatoms. The van der Waals surface area contributed by atoms with Crippen LogP contribution in [0.1, 0.15) is 24.9 Å². The molecule has 0 unspecified atom stereocenters. The number of anilines is 1. The highest BCUT2D eigenvalue weighted by atomic mass is 19.1. The number of hydrogen-bond acceptors (Lipinski definition) is 3. The van der Waals surface area contributed by atoms with Crippen molar-refractivity contribution >= 4 is 23.4 Å². The van der Waals surface area contributed by atoms with E-state index in [2.05, 4.69) is 5.32 Å². The molecular formula is C22H24FN3O3. The molecule has 0 radical (unpaired) electrons. The van der Waals surface area contributed by atoms with Gasteiger partial charge in [0.05, 0.1) is 18.5 Å². The van der Waals surface area contributed by atoms with Gasteiger partial charge in [0, 0.05) is 25.7 Å². The molecule has 1 heterocycles. The highest BCUT2D eigenvalue weighted by Crippen LogP contribution is 2.29. The van der Waals surface area contributed by atoms with Crippen LogP contribution >= 0.6 is 0 Å². The van der Waals surface area contributed by atoms with E-state index in [4.69, 9.17) is 0 Å². The van der Waals surface area contributed by atoms with Crippen molar-refractivity contribution in [2.45, 2.75) is 19.4 Å². The third kappa shape index (κ3) is 4.99.